The summed E-state index contributed by atoms with van der Waals surface area (Å²) in [6, 6.07) is 27.9. The number of nitrogens with one attached hydrogen (secondary N) is 3. The topological polar surface area (TPSA) is 217 Å². The van der Waals surface area contributed by atoms with E-state index in [1.807, 2.05) is 5.32 Å². The van der Waals surface area contributed by atoms with Gasteiger partial charge in [-0.1, -0.05) is 71.2 Å². The van der Waals surface area contributed by atoms with Crippen molar-refractivity contribution in [1.29, 1.82) is 0 Å². The van der Waals surface area contributed by atoms with E-state index in [9.17, 15) is 40.0 Å². The molecule has 0 spiro atoms. The van der Waals surface area contributed by atoms with E-state index in [-0.39, 0.29) is 32.5 Å². The number of rotatable bonds is 8. The number of carbonyl (C=O) groups excluding carboxylic acids is 3. The van der Waals surface area contributed by atoms with Crippen molar-refractivity contribution in [3.05, 3.63) is 158 Å². The highest BCUT2D eigenvalue weighted by Gasteiger charge is 2.32. The van der Waals surface area contributed by atoms with Gasteiger partial charge in [0.2, 0.25) is 0 Å². The van der Waals surface area contributed by atoms with Crippen molar-refractivity contribution in [2.75, 3.05) is 10.6 Å². The summed E-state index contributed by atoms with van der Waals surface area (Å²) in [4.78, 5) is 42.8. The molecule has 0 radical (unpaired) electrons. The SMILES string of the molecule is NC(=O)Nc1ccc(-c2cn(S(=O)(=O)c3ccccc3)c3cc(F)ccc23)cn1.O=C(NC(=O)C(Cl)(Cl)Cl)Nc1ccc(-c2cn(S(=O)(=O)c3ccccc3)c3cc(F)ccc23)cn1. The molecule has 0 fully saturated rings. The summed E-state index contributed by atoms with van der Waals surface area (Å²) in [6.07, 6.45) is 5.67. The number of halogens is 5. The second-order valence-corrected chi connectivity index (χ2v) is 19.3. The Kier molecular flexibility index (Phi) is 12.7. The number of hydrogen-bond acceptors (Lipinski definition) is 9. The number of nitrogens with two attached hydrogens (primary N) is 1. The molecule has 4 heterocycles. The van der Waals surface area contributed by atoms with Gasteiger partial charge in [-0.2, -0.15) is 0 Å². The van der Waals surface area contributed by atoms with Crippen molar-refractivity contribution in [2.45, 2.75) is 13.6 Å². The maximum Gasteiger partial charge on any atom is 0.327 e. The highest BCUT2D eigenvalue weighted by Crippen LogP contribution is 2.35. The fourth-order valence-corrected chi connectivity index (χ4v) is 9.22. The molecule has 5 N–H and O–H groups in total. The molecule has 0 atom stereocenters. The molecule has 0 saturated carbocycles. The largest absolute Gasteiger partial charge is 0.351 e. The van der Waals surface area contributed by atoms with Gasteiger partial charge in [0.15, 0.2) is 0 Å². The van der Waals surface area contributed by atoms with Gasteiger partial charge >= 0.3 is 12.1 Å². The van der Waals surface area contributed by atoms with E-state index < -0.39 is 53.4 Å². The molecule has 8 rings (SSSR count). The quantitative estimate of drug-likeness (QED) is 0.107. The fraction of sp³-hybridized carbons (Fsp3) is 0.0238. The van der Waals surface area contributed by atoms with Crippen LogP contribution in [0.25, 0.3) is 44.1 Å². The molecule has 0 unspecified atom stereocenters. The number of anilines is 2. The third kappa shape index (κ3) is 9.68. The molecule has 8 aromatic rings. The number of pyridine rings is 2. The summed E-state index contributed by atoms with van der Waals surface area (Å²) in [5.74, 6) is -1.97. The van der Waals surface area contributed by atoms with E-state index in [0.717, 1.165) is 14.0 Å². The van der Waals surface area contributed by atoms with Gasteiger partial charge in [0.25, 0.3) is 29.7 Å². The number of aromatic nitrogens is 4. The van der Waals surface area contributed by atoms with Crippen LogP contribution in [0.15, 0.2) is 156 Å². The third-order valence-corrected chi connectivity index (χ3v) is 13.1. The molecule has 0 aliphatic rings. The number of carbonyl (C=O) groups is 3. The lowest BCUT2D eigenvalue weighted by atomic mass is 10.1. The lowest BCUT2D eigenvalue weighted by Crippen LogP contribution is -2.41. The summed E-state index contributed by atoms with van der Waals surface area (Å²) in [5.41, 5.74) is 7.54. The predicted octanol–water partition coefficient (Wildman–Crippen LogP) is 8.67. The second-order valence-electron chi connectivity index (χ2n) is 13.4. The first-order valence-corrected chi connectivity index (χ1v) is 22.3. The van der Waals surface area contributed by atoms with Crippen LogP contribution in [0.2, 0.25) is 0 Å². The van der Waals surface area contributed by atoms with Gasteiger partial charge in [0.05, 0.1) is 20.8 Å². The summed E-state index contributed by atoms with van der Waals surface area (Å²) in [5, 5.41) is 7.53. The Morgan fingerprint density at radius 3 is 1.39 bits per heavy atom. The lowest BCUT2D eigenvalue weighted by molar-refractivity contribution is -0.119. The normalized spacial score (nSPS) is 11.7. The average molecular weight is 966 g/mol. The highest BCUT2D eigenvalue weighted by molar-refractivity contribution is 7.90. The van der Waals surface area contributed by atoms with Crippen LogP contribution in [0.5, 0.6) is 0 Å². The van der Waals surface area contributed by atoms with Gasteiger partial charge in [-0.3, -0.25) is 20.7 Å². The van der Waals surface area contributed by atoms with Crippen LogP contribution >= 0.6 is 34.8 Å². The molecule has 64 heavy (non-hydrogen) atoms. The van der Waals surface area contributed by atoms with Crippen molar-refractivity contribution in [2.24, 2.45) is 5.73 Å². The Morgan fingerprint density at radius 1 is 0.594 bits per heavy atom. The van der Waals surface area contributed by atoms with Gasteiger partial charge < -0.3 is 5.73 Å². The van der Waals surface area contributed by atoms with Gasteiger partial charge in [-0.05, 0) is 84.9 Å². The van der Waals surface area contributed by atoms with Gasteiger partial charge in [-0.25, -0.2) is 53.1 Å². The van der Waals surface area contributed by atoms with E-state index >= 15 is 0 Å². The van der Waals surface area contributed by atoms with E-state index in [0.29, 0.717) is 33.0 Å². The molecule has 326 valence electrons. The predicted molar refractivity (Wildman–Crippen MR) is 239 cm³/mol. The summed E-state index contributed by atoms with van der Waals surface area (Å²) in [7, 11) is -7.95. The van der Waals surface area contributed by atoms with Crippen LogP contribution in [0.1, 0.15) is 0 Å². The number of amides is 5. The zero-order valence-electron chi connectivity index (χ0n) is 32.3. The van der Waals surface area contributed by atoms with E-state index in [4.69, 9.17) is 40.5 Å². The van der Waals surface area contributed by atoms with Crippen LogP contribution in [0.3, 0.4) is 0 Å². The molecule has 0 aliphatic carbocycles. The Hall–Kier alpha value is -6.90. The van der Waals surface area contributed by atoms with Gasteiger partial charge in [0, 0.05) is 57.8 Å². The molecule has 22 heteroatoms. The minimum absolute atomic E-state index is 0.0424. The zero-order chi connectivity index (χ0) is 46.0. The van der Waals surface area contributed by atoms with Crippen LogP contribution in [0, 0.1) is 11.6 Å². The number of primary amides is 1. The fourth-order valence-electron chi connectivity index (χ4n) is 6.31. The van der Waals surface area contributed by atoms with Crippen molar-refractivity contribution in [3.8, 4) is 22.3 Å². The van der Waals surface area contributed by atoms with Crippen LogP contribution in [-0.2, 0) is 24.8 Å². The first-order valence-electron chi connectivity index (χ1n) is 18.2. The molecular formula is C42H29Cl3F2N8O7S2. The minimum atomic E-state index is -4.02. The molecule has 4 aromatic heterocycles. The monoisotopic (exact) mass is 964 g/mol. The molecular weight excluding hydrogens is 937 g/mol. The first-order chi connectivity index (χ1) is 30.3. The van der Waals surface area contributed by atoms with Crippen molar-refractivity contribution in [1.82, 2.24) is 23.2 Å². The number of hydrogen-bond donors (Lipinski definition) is 4. The number of benzene rings is 4. The van der Waals surface area contributed by atoms with E-state index in [1.165, 1.54) is 85.5 Å². The molecule has 0 bridgehead atoms. The molecule has 0 saturated heterocycles. The van der Waals surface area contributed by atoms with Crippen LogP contribution < -0.4 is 21.7 Å². The number of alkyl halides is 3. The number of fused-ring (bicyclic) bond motifs is 2. The van der Waals surface area contributed by atoms with Crippen molar-refractivity contribution >= 4 is 106 Å². The standard InChI is InChI=1S/C22H14Cl3FN4O4S.C20H15FN4O3S/c23-22(24,25)20(31)29-21(32)28-19-9-6-13(11-27-19)17-12-30(18-10-14(26)7-8-16(17)18)35(33,34)15-4-2-1-3-5-15;21-14-7-8-16-17(13-6-9-19(23-11-13)24-20(22)26)12-25(18(16)10-14)29(27,28)15-4-2-1-3-5-15/h1-12H,(H2,27,28,29,31,32);1-12H,(H3,22,23,24,26). The molecule has 4 aromatic carbocycles. The van der Waals surface area contributed by atoms with Crippen LogP contribution in [0.4, 0.5) is 30.0 Å². The Bertz CT molecular complexity index is 3300. The third-order valence-electron chi connectivity index (χ3n) is 9.19. The molecule has 5 amide bonds. The maximum absolute atomic E-state index is 14.0. The van der Waals surface area contributed by atoms with Gasteiger partial charge in [0.1, 0.15) is 23.3 Å². The number of imide groups is 1. The van der Waals surface area contributed by atoms with E-state index in [1.54, 1.807) is 54.6 Å². The smallest absolute Gasteiger partial charge is 0.327 e. The number of nitrogens with zero attached hydrogens (tertiary/aromatic N) is 4. The van der Waals surface area contributed by atoms with Crippen molar-refractivity contribution < 1.29 is 40.0 Å². The maximum atomic E-state index is 14.0. The highest BCUT2D eigenvalue weighted by atomic mass is 35.6. The Labute approximate surface area is 377 Å². The summed E-state index contributed by atoms with van der Waals surface area (Å²) >= 11 is 16.2. The lowest BCUT2D eigenvalue weighted by Gasteiger charge is -2.11. The Morgan fingerprint density at radius 2 is 1.02 bits per heavy atom. The number of urea groups is 2. The van der Waals surface area contributed by atoms with Gasteiger partial charge in [-0.15, -0.1) is 0 Å². The Balaban J connectivity index is 0.000000195. The molecule has 0 aliphatic heterocycles. The minimum Gasteiger partial charge on any atom is -0.351 e. The van der Waals surface area contributed by atoms with E-state index in [2.05, 4.69) is 20.6 Å². The van der Waals surface area contributed by atoms with Crippen molar-refractivity contribution in [3.63, 3.8) is 0 Å². The molecule has 15 nitrogen and oxygen atoms in total. The average Bonchev–Trinajstić information content (AvgIpc) is 3.84. The zero-order valence-corrected chi connectivity index (χ0v) is 36.2. The van der Waals surface area contributed by atoms with Crippen LogP contribution in [-0.4, -0.2) is 56.5 Å². The summed E-state index contributed by atoms with van der Waals surface area (Å²) in [6.45, 7) is 0. The summed E-state index contributed by atoms with van der Waals surface area (Å²) < 4.78 is 80.5. The second kappa shape index (κ2) is 18.1. The first kappa shape index (κ1) is 45.1.